The summed E-state index contributed by atoms with van der Waals surface area (Å²) in [6, 6.07) is 1.80. The minimum absolute atomic E-state index is 0.00407. The molecule has 0 fully saturated rings. The van der Waals surface area contributed by atoms with Gasteiger partial charge in [0.2, 0.25) is 5.82 Å². The number of halogens is 1. The van der Waals surface area contributed by atoms with E-state index in [4.69, 9.17) is 0 Å². The van der Waals surface area contributed by atoms with Crippen LogP contribution in [-0.2, 0) is 7.05 Å². The number of hydrogen-bond acceptors (Lipinski definition) is 4. The fourth-order valence-electron chi connectivity index (χ4n) is 1.28. The van der Waals surface area contributed by atoms with Gasteiger partial charge in [0.05, 0.1) is 16.5 Å². The highest BCUT2D eigenvalue weighted by molar-refractivity contribution is 5.76. The molecule has 0 aliphatic carbocycles. The molecule has 0 N–H and O–H groups in total. The molecule has 0 saturated carbocycles. The lowest BCUT2D eigenvalue weighted by atomic mass is 10.3. The SMILES string of the molecule is Cn1c(=O)oc2cc([N+](=O)[O-])c(F)cc21. The van der Waals surface area contributed by atoms with Crippen LogP contribution in [0.15, 0.2) is 21.3 Å². The third-order valence-corrected chi connectivity index (χ3v) is 2.06. The third-order valence-electron chi connectivity index (χ3n) is 2.06. The Morgan fingerprint density at radius 2 is 2.20 bits per heavy atom. The first-order valence-corrected chi connectivity index (χ1v) is 3.94. The fraction of sp³-hybridized carbons (Fsp3) is 0.125. The zero-order valence-corrected chi connectivity index (χ0v) is 7.56. The van der Waals surface area contributed by atoms with Crippen LogP contribution in [0, 0.1) is 15.9 Å². The van der Waals surface area contributed by atoms with Crippen LogP contribution >= 0.6 is 0 Å². The first kappa shape index (κ1) is 9.38. The number of hydrogen-bond donors (Lipinski definition) is 0. The predicted octanol–water partition coefficient (Wildman–Crippen LogP) is 1.18. The molecule has 78 valence electrons. The van der Waals surface area contributed by atoms with E-state index in [9.17, 15) is 19.3 Å². The standard InChI is InChI=1S/C8H5FN2O4/c1-10-6-2-4(9)5(11(13)14)3-7(6)15-8(10)12/h2-3H,1H3. The largest absolute Gasteiger partial charge is 0.419 e. The van der Waals surface area contributed by atoms with Crippen molar-refractivity contribution in [2.24, 2.45) is 7.05 Å². The van der Waals surface area contributed by atoms with Crippen molar-refractivity contribution in [2.45, 2.75) is 0 Å². The average Bonchev–Trinajstić information content (AvgIpc) is 2.43. The van der Waals surface area contributed by atoms with Crippen molar-refractivity contribution in [3.8, 4) is 0 Å². The molecule has 2 rings (SSSR count). The van der Waals surface area contributed by atoms with Gasteiger partial charge in [-0.15, -0.1) is 0 Å². The molecule has 2 aromatic rings. The van der Waals surface area contributed by atoms with Crippen molar-refractivity contribution in [3.63, 3.8) is 0 Å². The van der Waals surface area contributed by atoms with Crippen LogP contribution in [0.4, 0.5) is 10.1 Å². The number of rotatable bonds is 1. The third kappa shape index (κ3) is 1.28. The van der Waals surface area contributed by atoms with E-state index in [0.29, 0.717) is 0 Å². The van der Waals surface area contributed by atoms with Gasteiger partial charge >= 0.3 is 11.4 Å². The molecule has 6 nitrogen and oxygen atoms in total. The van der Waals surface area contributed by atoms with Crippen molar-refractivity contribution in [1.82, 2.24) is 4.57 Å². The molecule has 0 unspecified atom stereocenters. The molecule has 15 heavy (non-hydrogen) atoms. The summed E-state index contributed by atoms with van der Waals surface area (Å²) < 4.78 is 18.9. The van der Waals surface area contributed by atoms with Gasteiger partial charge < -0.3 is 4.42 Å². The van der Waals surface area contributed by atoms with Gasteiger partial charge in [0.15, 0.2) is 5.58 Å². The monoisotopic (exact) mass is 212 g/mol. The molecule has 0 atom stereocenters. The topological polar surface area (TPSA) is 78.3 Å². The molecule has 0 bridgehead atoms. The van der Waals surface area contributed by atoms with Crippen molar-refractivity contribution in [1.29, 1.82) is 0 Å². The Labute approximate surface area is 81.7 Å². The molecule has 1 aromatic heterocycles. The van der Waals surface area contributed by atoms with Crippen LogP contribution in [0.5, 0.6) is 0 Å². The second-order valence-electron chi connectivity index (χ2n) is 2.96. The number of fused-ring (bicyclic) bond motifs is 1. The normalized spacial score (nSPS) is 10.8. The van der Waals surface area contributed by atoms with E-state index in [1.807, 2.05) is 0 Å². The number of nitro groups is 1. The van der Waals surface area contributed by atoms with Crippen molar-refractivity contribution < 1.29 is 13.7 Å². The summed E-state index contributed by atoms with van der Waals surface area (Å²) in [6.07, 6.45) is 0. The summed E-state index contributed by atoms with van der Waals surface area (Å²) in [6.45, 7) is 0. The Hall–Kier alpha value is -2.18. The molecule has 0 amide bonds. The van der Waals surface area contributed by atoms with E-state index in [1.165, 1.54) is 7.05 Å². The summed E-state index contributed by atoms with van der Waals surface area (Å²) in [5.74, 6) is -1.69. The maximum atomic E-state index is 13.2. The number of nitro benzene ring substituents is 1. The molecular formula is C8H5FN2O4. The molecular weight excluding hydrogens is 207 g/mol. The Kier molecular flexibility index (Phi) is 1.82. The second-order valence-corrected chi connectivity index (χ2v) is 2.96. The summed E-state index contributed by atoms with van der Waals surface area (Å²) in [5, 5.41) is 10.4. The predicted molar refractivity (Wildman–Crippen MR) is 48.1 cm³/mol. The number of benzene rings is 1. The zero-order valence-electron chi connectivity index (χ0n) is 7.56. The summed E-state index contributed by atoms with van der Waals surface area (Å²) in [4.78, 5) is 20.6. The first-order chi connectivity index (χ1) is 7.00. The number of aromatic nitrogens is 1. The van der Waals surface area contributed by atoms with Crippen LogP contribution in [-0.4, -0.2) is 9.49 Å². The smallest absolute Gasteiger partial charge is 0.407 e. The molecule has 1 heterocycles. The molecule has 0 aliphatic rings. The van der Waals surface area contributed by atoms with Gasteiger partial charge in [-0.25, -0.2) is 4.79 Å². The van der Waals surface area contributed by atoms with Crippen LogP contribution in [0.3, 0.4) is 0 Å². The first-order valence-electron chi connectivity index (χ1n) is 3.94. The van der Waals surface area contributed by atoms with E-state index in [2.05, 4.69) is 4.42 Å². The number of oxazole rings is 1. The highest BCUT2D eigenvalue weighted by atomic mass is 19.1. The molecule has 0 aliphatic heterocycles. The van der Waals surface area contributed by atoms with E-state index in [-0.39, 0.29) is 11.1 Å². The molecule has 0 saturated heterocycles. The van der Waals surface area contributed by atoms with Crippen molar-refractivity contribution in [3.05, 3.63) is 38.6 Å². The Morgan fingerprint density at radius 3 is 2.80 bits per heavy atom. The summed E-state index contributed by atoms with van der Waals surface area (Å²) >= 11 is 0. The lowest BCUT2D eigenvalue weighted by molar-refractivity contribution is -0.387. The maximum Gasteiger partial charge on any atom is 0.419 e. The number of nitrogens with zero attached hydrogens (tertiary/aromatic N) is 2. The van der Waals surface area contributed by atoms with E-state index < -0.39 is 22.2 Å². The quantitative estimate of drug-likeness (QED) is 0.525. The average molecular weight is 212 g/mol. The van der Waals surface area contributed by atoms with Crippen LogP contribution in [0.1, 0.15) is 0 Å². The van der Waals surface area contributed by atoms with Crippen LogP contribution < -0.4 is 5.76 Å². The lowest BCUT2D eigenvalue weighted by Crippen LogP contribution is -2.08. The molecule has 1 aromatic carbocycles. The van der Waals surface area contributed by atoms with E-state index in [1.54, 1.807) is 0 Å². The van der Waals surface area contributed by atoms with Crippen LogP contribution in [0.2, 0.25) is 0 Å². The van der Waals surface area contributed by atoms with E-state index in [0.717, 1.165) is 16.7 Å². The van der Waals surface area contributed by atoms with Gasteiger partial charge in [-0.05, 0) is 0 Å². The highest BCUT2D eigenvalue weighted by Gasteiger charge is 2.18. The molecule has 0 spiro atoms. The Morgan fingerprint density at radius 1 is 1.53 bits per heavy atom. The van der Waals surface area contributed by atoms with Gasteiger partial charge in [0, 0.05) is 13.1 Å². The summed E-state index contributed by atoms with van der Waals surface area (Å²) in [7, 11) is 1.39. The van der Waals surface area contributed by atoms with Gasteiger partial charge in [-0.2, -0.15) is 4.39 Å². The zero-order chi connectivity index (χ0) is 11.2. The maximum absolute atomic E-state index is 13.2. The minimum Gasteiger partial charge on any atom is -0.407 e. The van der Waals surface area contributed by atoms with Crippen LogP contribution in [0.25, 0.3) is 11.1 Å². The Bertz CT molecular complexity index is 613. The van der Waals surface area contributed by atoms with Crippen molar-refractivity contribution in [2.75, 3.05) is 0 Å². The highest BCUT2D eigenvalue weighted by Crippen LogP contribution is 2.23. The van der Waals surface area contributed by atoms with E-state index >= 15 is 0 Å². The molecule has 7 heteroatoms. The van der Waals surface area contributed by atoms with Gasteiger partial charge in [0.25, 0.3) is 0 Å². The van der Waals surface area contributed by atoms with Gasteiger partial charge in [-0.1, -0.05) is 0 Å². The van der Waals surface area contributed by atoms with Crippen molar-refractivity contribution >= 4 is 16.8 Å². The lowest BCUT2D eigenvalue weighted by Gasteiger charge is -1.94. The summed E-state index contributed by atoms with van der Waals surface area (Å²) in [5.41, 5.74) is -0.532. The molecule has 0 radical (unpaired) electrons. The Balaban J connectivity index is 2.88. The fourth-order valence-corrected chi connectivity index (χ4v) is 1.28. The second kappa shape index (κ2) is 2.91. The van der Waals surface area contributed by atoms with Gasteiger partial charge in [-0.3, -0.25) is 14.7 Å². The van der Waals surface area contributed by atoms with Gasteiger partial charge in [0.1, 0.15) is 0 Å². The number of aryl methyl sites for hydroxylation is 1. The minimum atomic E-state index is -0.996.